The molecule has 0 unspecified atom stereocenters. The van der Waals surface area contributed by atoms with Crippen LogP contribution in [0.4, 0.5) is 17.1 Å². The van der Waals surface area contributed by atoms with Gasteiger partial charge >= 0.3 is 0 Å². The molecule has 2 aliphatic rings. The highest BCUT2D eigenvalue weighted by Gasteiger charge is 2.39. The van der Waals surface area contributed by atoms with Crippen molar-refractivity contribution in [3.8, 4) is 11.5 Å². The van der Waals surface area contributed by atoms with Gasteiger partial charge < -0.3 is 19.7 Å². The van der Waals surface area contributed by atoms with Crippen molar-refractivity contribution >= 4 is 28.9 Å². The molecule has 0 saturated carbocycles. The number of anilines is 3. The van der Waals surface area contributed by atoms with Crippen molar-refractivity contribution in [1.82, 2.24) is 0 Å². The van der Waals surface area contributed by atoms with E-state index < -0.39 is 6.04 Å². The van der Waals surface area contributed by atoms with Crippen molar-refractivity contribution in [3.05, 3.63) is 42.5 Å². The molecular formula is C19H19N3O4. The molecule has 1 fully saturated rings. The molecule has 7 heteroatoms. The lowest BCUT2D eigenvalue weighted by molar-refractivity contribution is -0.121. The lowest BCUT2D eigenvalue weighted by Gasteiger charge is -2.18. The molecule has 4 rings (SSSR count). The van der Waals surface area contributed by atoms with Crippen LogP contribution >= 0.6 is 0 Å². The number of imide groups is 1. The summed E-state index contributed by atoms with van der Waals surface area (Å²) in [6.07, 6.45) is 0.114. The van der Waals surface area contributed by atoms with Gasteiger partial charge in [-0.2, -0.15) is 0 Å². The zero-order valence-corrected chi connectivity index (χ0v) is 14.6. The van der Waals surface area contributed by atoms with Crippen LogP contribution in [0.3, 0.4) is 0 Å². The van der Waals surface area contributed by atoms with Gasteiger partial charge in [0, 0.05) is 31.5 Å². The monoisotopic (exact) mass is 353 g/mol. The van der Waals surface area contributed by atoms with Gasteiger partial charge in [0.1, 0.15) is 6.04 Å². The highest BCUT2D eigenvalue weighted by molar-refractivity contribution is 6.23. The SMILES string of the molecule is CN(C)c1ccc(N2C(=O)C[C@@H](Nc3ccc4c(c3)OCO4)C2=O)cc1. The van der Waals surface area contributed by atoms with Crippen LogP contribution in [-0.2, 0) is 9.59 Å². The maximum atomic E-state index is 12.7. The number of carbonyl (C=O) groups is 2. The second-order valence-electron chi connectivity index (χ2n) is 6.45. The number of ether oxygens (including phenoxy) is 2. The minimum absolute atomic E-state index is 0.114. The number of carbonyl (C=O) groups excluding carboxylic acids is 2. The molecule has 1 saturated heterocycles. The summed E-state index contributed by atoms with van der Waals surface area (Å²) >= 11 is 0. The second-order valence-corrected chi connectivity index (χ2v) is 6.45. The Morgan fingerprint density at radius 2 is 1.77 bits per heavy atom. The summed E-state index contributed by atoms with van der Waals surface area (Å²) in [7, 11) is 3.87. The average Bonchev–Trinajstić information content (AvgIpc) is 3.19. The normalized spacial score (nSPS) is 18.4. The minimum atomic E-state index is -0.601. The van der Waals surface area contributed by atoms with Gasteiger partial charge in [-0.25, -0.2) is 4.90 Å². The van der Waals surface area contributed by atoms with E-state index in [1.807, 2.05) is 31.1 Å². The summed E-state index contributed by atoms with van der Waals surface area (Å²) in [5.41, 5.74) is 2.30. The van der Waals surface area contributed by atoms with Crippen LogP contribution in [0.25, 0.3) is 0 Å². The summed E-state index contributed by atoms with van der Waals surface area (Å²) in [5, 5.41) is 3.12. The zero-order valence-electron chi connectivity index (χ0n) is 14.6. The summed E-state index contributed by atoms with van der Waals surface area (Å²) in [6.45, 7) is 0.191. The summed E-state index contributed by atoms with van der Waals surface area (Å²) in [6, 6.07) is 12.1. The van der Waals surface area contributed by atoms with Crippen molar-refractivity contribution in [2.75, 3.05) is 36.0 Å². The van der Waals surface area contributed by atoms with E-state index in [4.69, 9.17) is 9.47 Å². The highest BCUT2D eigenvalue weighted by Crippen LogP contribution is 2.35. The number of amides is 2. The third-order valence-electron chi connectivity index (χ3n) is 4.48. The van der Waals surface area contributed by atoms with Gasteiger partial charge in [0.05, 0.1) is 12.1 Å². The maximum Gasteiger partial charge on any atom is 0.256 e. The molecule has 2 heterocycles. The van der Waals surface area contributed by atoms with Crippen LogP contribution in [0.5, 0.6) is 11.5 Å². The molecular weight excluding hydrogens is 334 g/mol. The molecule has 26 heavy (non-hydrogen) atoms. The Hall–Kier alpha value is -3.22. The first-order chi connectivity index (χ1) is 12.5. The Bertz CT molecular complexity index is 864. The van der Waals surface area contributed by atoms with Crippen LogP contribution in [0.2, 0.25) is 0 Å². The van der Waals surface area contributed by atoms with E-state index in [9.17, 15) is 9.59 Å². The standard InChI is InChI=1S/C19H19N3O4/c1-21(2)13-4-6-14(7-5-13)22-18(23)10-15(19(22)24)20-12-3-8-16-17(9-12)26-11-25-16/h3-9,15,20H,10-11H2,1-2H3/t15-/m1/s1. The minimum Gasteiger partial charge on any atom is -0.454 e. The molecule has 7 nitrogen and oxygen atoms in total. The molecule has 0 bridgehead atoms. The highest BCUT2D eigenvalue weighted by atomic mass is 16.7. The lowest BCUT2D eigenvalue weighted by atomic mass is 10.2. The van der Waals surface area contributed by atoms with E-state index in [1.54, 1.807) is 30.3 Å². The number of nitrogens with zero attached hydrogens (tertiary/aromatic N) is 2. The number of rotatable bonds is 4. The van der Waals surface area contributed by atoms with Crippen molar-refractivity contribution < 1.29 is 19.1 Å². The predicted octanol–water partition coefficient (Wildman–Crippen LogP) is 2.23. The molecule has 2 amide bonds. The van der Waals surface area contributed by atoms with E-state index in [0.717, 1.165) is 5.69 Å². The van der Waals surface area contributed by atoms with Gasteiger partial charge in [0.15, 0.2) is 11.5 Å². The van der Waals surface area contributed by atoms with Crippen LogP contribution in [0.1, 0.15) is 6.42 Å². The van der Waals surface area contributed by atoms with Crippen LogP contribution in [0.15, 0.2) is 42.5 Å². The quantitative estimate of drug-likeness (QED) is 0.850. The third-order valence-corrected chi connectivity index (χ3v) is 4.48. The molecule has 2 aromatic rings. The van der Waals surface area contributed by atoms with Crippen molar-refractivity contribution in [3.63, 3.8) is 0 Å². The number of nitrogens with one attached hydrogen (secondary N) is 1. The first-order valence-electron chi connectivity index (χ1n) is 8.33. The first-order valence-corrected chi connectivity index (χ1v) is 8.33. The Labute approximate surface area is 151 Å². The predicted molar refractivity (Wildman–Crippen MR) is 97.9 cm³/mol. The fraction of sp³-hybridized carbons (Fsp3) is 0.263. The van der Waals surface area contributed by atoms with Gasteiger partial charge in [-0.15, -0.1) is 0 Å². The summed E-state index contributed by atoms with van der Waals surface area (Å²) in [5.74, 6) is 0.825. The Morgan fingerprint density at radius 3 is 2.50 bits per heavy atom. The number of benzene rings is 2. The van der Waals surface area contributed by atoms with Gasteiger partial charge in [-0.1, -0.05) is 0 Å². The first kappa shape index (κ1) is 16.3. The van der Waals surface area contributed by atoms with E-state index in [0.29, 0.717) is 22.9 Å². The van der Waals surface area contributed by atoms with E-state index >= 15 is 0 Å². The Balaban J connectivity index is 1.51. The topological polar surface area (TPSA) is 71.1 Å². The second kappa shape index (κ2) is 6.25. The molecule has 0 radical (unpaired) electrons. The Morgan fingerprint density at radius 1 is 1.04 bits per heavy atom. The molecule has 2 aliphatic heterocycles. The fourth-order valence-electron chi connectivity index (χ4n) is 3.10. The van der Waals surface area contributed by atoms with Gasteiger partial charge in [0.25, 0.3) is 5.91 Å². The third kappa shape index (κ3) is 2.81. The average molecular weight is 353 g/mol. The summed E-state index contributed by atoms with van der Waals surface area (Å²) in [4.78, 5) is 28.4. The Kier molecular flexibility index (Phi) is 3.91. The number of hydrogen-bond acceptors (Lipinski definition) is 6. The zero-order chi connectivity index (χ0) is 18.3. The largest absolute Gasteiger partial charge is 0.454 e. The van der Waals surface area contributed by atoms with Crippen LogP contribution in [-0.4, -0.2) is 38.7 Å². The van der Waals surface area contributed by atoms with Gasteiger partial charge in [-0.05, 0) is 36.4 Å². The maximum absolute atomic E-state index is 12.7. The van der Waals surface area contributed by atoms with Gasteiger partial charge in [0.2, 0.25) is 12.7 Å². The van der Waals surface area contributed by atoms with Crippen molar-refractivity contribution in [1.29, 1.82) is 0 Å². The summed E-state index contributed by atoms with van der Waals surface area (Å²) < 4.78 is 10.6. The molecule has 0 aliphatic carbocycles. The van der Waals surface area contributed by atoms with Gasteiger partial charge in [-0.3, -0.25) is 9.59 Å². The number of hydrogen-bond donors (Lipinski definition) is 1. The molecule has 134 valence electrons. The number of fused-ring (bicyclic) bond motifs is 1. The molecule has 2 aromatic carbocycles. The molecule has 1 atom stereocenters. The van der Waals surface area contributed by atoms with E-state index in [-0.39, 0.29) is 25.0 Å². The van der Waals surface area contributed by atoms with E-state index in [2.05, 4.69) is 5.32 Å². The van der Waals surface area contributed by atoms with E-state index in [1.165, 1.54) is 4.90 Å². The van der Waals surface area contributed by atoms with Crippen molar-refractivity contribution in [2.24, 2.45) is 0 Å². The smallest absolute Gasteiger partial charge is 0.256 e. The molecule has 0 aromatic heterocycles. The lowest BCUT2D eigenvalue weighted by Crippen LogP contribution is -2.34. The van der Waals surface area contributed by atoms with Crippen molar-refractivity contribution in [2.45, 2.75) is 12.5 Å². The van der Waals surface area contributed by atoms with Crippen LogP contribution < -0.4 is 24.6 Å². The fourth-order valence-corrected chi connectivity index (χ4v) is 3.10. The van der Waals surface area contributed by atoms with Crippen LogP contribution in [0, 0.1) is 0 Å². The molecule has 0 spiro atoms. The molecule has 1 N–H and O–H groups in total.